The van der Waals surface area contributed by atoms with E-state index in [1.54, 1.807) is 13.2 Å². The topological polar surface area (TPSA) is 77.4 Å². The van der Waals surface area contributed by atoms with Crippen molar-refractivity contribution in [2.75, 3.05) is 5.32 Å². The molecule has 1 heterocycles. The molecule has 1 N–H and O–H groups in total. The largest absolute Gasteiger partial charge is 0.448 e. The number of aryl methyl sites for hydroxylation is 2. The maximum atomic E-state index is 12.2. The molecule has 0 saturated heterocycles. The molecule has 25 heavy (non-hydrogen) atoms. The van der Waals surface area contributed by atoms with E-state index in [9.17, 15) is 14.4 Å². The van der Waals surface area contributed by atoms with Crippen molar-refractivity contribution in [2.45, 2.75) is 33.3 Å². The van der Waals surface area contributed by atoms with Gasteiger partial charge in [-0.1, -0.05) is 19.1 Å². The van der Waals surface area contributed by atoms with E-state index in [0.29, 0.717) is 11.3 Å². The number of esters is 1. The van der Waals surface area contributed by atoms with Crippen LogP contribution in [0.5, 0.6) is 0 Å². The summed E-state index contributed by atoms with van der Waals surface area (Å²) in [6.07, 6.45) is 1.51. The van der Waals surface area contributed by atoms with Crippen LogP contribution in [0.25, 0.3) is 0 Å². The zero-order chi connectivity index (χ0) is 18.6. The number of benzene rings is 1. The van der Waals surface area contributed by atoms with E-state index in [1.165, 1.54) is 30.0 Å². The Balaban J connectivity index is 2.00. The Bertz CT molecular complexity index is 790. The first-order chi connectivity index (χ1) is 11.8. The smallest absolute Gasteiger partial charge is 0.355 e. The van der Waals surface area contributed by atoms with Crippen molar-refractivity contribution in [2.24, 2.45) is 7.05 Å². The zero-order valence-corrected chi connectivity index (χ0v) is 14.8. The van der Waals surface area contributed by atoms with Crippen LogP contribution in [0, 0.1) is 0 Å². The number of anilines is 1. The lowest BCUT2D eigenvalue weighted by Crippen LogP contribution is -2.30. The molecule has 6 heteroatoms. The summed E-state index contributed by atoms with van der Waals surface area (Å²) in [6.45, 7) is 4.98. The summed E-state index contributed by atoms with van der Waals surface area (Å²) in [5.74, 6) is -1.21. The van der Waals surface area contributed by atoms with Gasteiger partial charge >= 0.3 is 5.97 Å². The summed E-state index contributed by atoms with van der Waals surface area (Å²) in [4.78, 5) is 35.8. The molecule has 0 aliphatic carbocycles. The van der Waals surface area contributed by atoms with Crippen LogP contribution in [0.3, 0.4) is 0 Å². The van der Waals surface area contributed by atoms with Gasteiger partial charge in [-0.25, -0.2) is 4.79 Å². The van der Waals surface area contributed by atoms with E-state index in [-0.39, 0.29) is 11.5 Å². The van der Waals surface area contributed by atoms with E-state index in [4.69, 9.17) is 4.74 Å². The fourth-order valence-corrected chi connectivity index (χ4v) is 2.30. The van der Waals surface area contributed by atoms with Gasteiger partial charge < -0.3 is 14.6 Å². The number of rotatable bonds is 6. The van der Waals surface area contributed by atoms with Crippen LogP contribution in [0.15, 0.2) is 36.5 Å². The van der Waals surface area contributed by atoms with Gasteiger partial charge in [-0.3, -0.25) is 9.59 Å². The number of nitrogens with one attached hydrogen (secondary N) is 1. The average Bonchev–Trinajstić information content (AvgIpc) is 2.97. The molecule has 0 radical (unpaired) electrons. The van der Waals surface area contributed by atoms with Crippen LogP contribution < -0.4 is 5.32 Å². The number of hydrogen-bond acceptors (Lipinski definition) is 4. The van der Waals surface area contributed by atoms with Gasteiger partial charge in [0.25, 0.3) is 5.91 Å². The molecule has 1 aromatic heterocycles. The molecule has 0 aliphatic heterocycles. The molecule has 6 nitrogen and oxygen atoms in total. The third kappa shape index (κ3) is 4.56. The predicted octanol–water partition coefficient (Wildman–Crippen LogP) is 2.97. The van der Waals surface area contributed by atoms with Crippen LogP contribution >= 0.6 is 0 Å². The molecule has 1 aromatic carbocycles. The van der Waals surface area contributed by atoms with E-state index in [0.717, 1.165) is 6.42 Å². The van der Waals surface area contributed by atoms with Gasteiger partial charge in [0.15, 0.2) is 11.9 Å². The molecular formula is C19H22N2O4. The number of hydrogen-bond donors (Lipinski definition) is 1. The Morgan fingerprint density at radius 2 is 1.84 bits per heavy atom. The maximum Gasteiger partial charge on any atom is 0.355 e. The molecule has 0 aliphatic rings. The highest BCUT2D eigenvalue weighted by molar-refractivity contribution is 5.99. The fraction of sp³-hybridized carbons (Fsp3) is 0.316. The van der Waals surface area contributed by atoms with E-state index in [2.05, 4.69) is 12.2 Å². The number of aromatic nitrogens is 1. The monoisotopic (exact) mass is 342 g/mol. The molecule has 0 fully saturated rings. The zero-order valence-electron chi connectivity index (χ0n) is 14.8. The number of carbonyl (C=O) groups is 3. The predicted molar refractivity (Wildman–Crippen MR) is 94.7 cm³/mol. The lowest BCUT2D eigenvalue weighted by molar-refractivity contribution is -0.123. The number of nitrogens with zero attached hydrogens (tertiary/aromatic N) is 1. The number of Topliss-reactive ketones (excluding diaryl/α,β-unsaturated/α-hetero) is 1. The summed E-state index contributed by atoms with van der Waals surface area (Å²) >= 11 is 0. The summed E-state index contributed by atoms with van der Waals surface area (Å²) in [6, 6.07) is 8.93. The highest BCUT2D eigenvalue weighted by Crippen LogP contribution is 2.13. The molecule has 0 saturated carbocycles. The second-order valence-corrected chi connectivity index (χ2v) is 5.87. The number of ketones is 1. The molecule has 2 rings (SSSR count). The number of carbonyl (C=O) groups excluding carboxylic acids is 3. The normalized spacial score (nSPS) is 11.7. The van der Waals surface area contributed by atoms with Gasteiger partial charge in [0.2, 0.25) is 0 Å². The second kappa shape index (κ2) is 7.79. The minimum absolute atomic E-state index is 0.143. The van der Waals surface area contributed by atoms with Crippen molar-refractivity contribution in [1.82, 2.24) is 4.57 Å². The number of ether oxygens (including phenoxy) is 1. The lowest BCUT2D eigenvalue weighted by Gasteiger charge is -2.14. The summed E-state index contributed by atoms with van der Waals surface area (Å²) in [5, 5.41) is 2.71. The van der Waals surface area contributed by atoms with Crippen molar-refractivity contribution >= 4 is 23.3 Å². The second-order valence-electron chi connectivity index (χ2n) is 5.87. The van der Waals surface area contributed by atoms with Gasteiger partial charge in [0.05, 0.1) is 0 Å². The van der Waals surface area contributed by atoms with Crippen molar-refractivity contribution < 1.29 is 19.1 Å². The highest BCUT2D eigenvalue weighted by Gasteiger charge is 2.22. The Morgan fingerprint density at radius 3 is 2.36 bits per heavy atom. The molecule has 0 spiro atoms. The molecule has 0 bridgehead atoms. The van der Waals surface area contributed by atoms with Crippen molar-refractivity contribution in [3.8, 4) is 0 Å². The third-order valence-electron chi connectivity index (χ3n) is 3.90. The van der Waals surface area contributed by atoms with Gasteiger partial charge in [0, 0.05) is 24.5 Å². The van der Waals surface area contributed by atoms with Crippen molar-refractivity contribution in [3.63, 3.8) is 0 Å². The van der Waals surface area contributed by atoms with Crippen LogP contribution in [-0.4, -0.2) is 28.3 Å². The number of amides is 1. The van der Waals surface area contributed by atoms with Gasteiger partial charge in [-0.05, 0) is 44.0 Å². The fourth-order valence-electron chi connectivity index (χ4n) is 2.30. The van der Waals surface area contributed by atoms with Crippen LogP contribution in [0.2, 0.25) is 0 Å². The minimum Gasteiger partial charge on any atom is -0.448 e. The molecule has 1 atom stereocenters. The van der Waals surface area contributed by atoms with E-state index >= 15 is 0 Å². The highest BCUT2D eigenvalue weighted by atomic mass is 16.5. The first kappa shape index (κ1) is 18.4. The van der Waals surface area contributed by atoms with Crippen molar-refractivity contribution in [1.29, 1.82) is 0 Å². The quantitative estimate of drug-likeness (QED) is 0.647. The first-order valence-corrected chi connectivity index (χ1v) is 8.10. The summed E-state index contributed by atoms with van der Waals surface area (Å²) in [7, 11) is 1.64. The SMILES string of the molecule is CCc1ccc(NC(=O)[C@H](C)OC(=O)c2cc(C(C)=O)cn2C)cc1. The Hall–Kier alpha value is -2.89. The van der Waals surface area contributed by atoms with Crippen LogP contribution in [-0.2, 0) is 23.0 Å². The minimum atomic E-state index is -0.964. The van der Waals surface area contributed by atoms with E-state index in [1.807, 2.05) is 24.3 Å². The van der Waals surface area contributed by atoms with E-state index < -0.39 is 18.0 Å². The summed E-state index contributed by atoms with van der Waals surface area (Å²) in [5.41, 5.74) is 2.45. The van der Waals surface area contributed by atoms with Crippen LogP contribution in [0.4, 0.5) is 5.69 Å². The Labute approximate surface area is 146 Å². The lowest BCUT2D eigenvalue weighted by atomic mass is 10.1. The first-order valence-electron chi connectivity index (χ1n) is 8.10. The molecule has 1 amide bonds. The molecular weight excluding hydrogens is 320 g/mol. The van der Waals surface area contributed by atoms with Gasteiger partial charge in [-0.15, -0.1) is 0 Å². The van der Waals surface area contributed by atoms with Gasteiger partial charge in [-0.2, -0.15) is 0 Å². The standard InChI is InChI=1S/C19H22N2O4/c1-5-14-6-8-16(9-7-14)20-18(23)13(3)25-19(24)17-10-15(12(2)22)11-21(17)4/h6-11,13H,5H2,1-4H3,(H,20,23)/t13-/m0/s1. The average molecular weight is 342 g/mol. The van der Waals surface area contributed by atoms with Crippen molar-refractivity contribution in [3.05, 3.63) is 53.3 Å². The Morgan fingerprint density at radius 1 is 1.20 bits per heavy atom. The molecule has 2 aromatic rings. The van der Waals surface area contributed by atoms with Crippen LogP contribution in [0.1, 0.15) is 47.2 Å². The Kier molecular flexibility index (Phi) is 5.75. The maximum absolute atomic E-state index is 12.2. The third-order valence-corrected chi connectivity index (χ3v) is 3.90. The summed E-state index contributed by atoms with van der Waals surface area (Å²) < 4.78 is 6.71. The molecule has 132 valence electrons. The molecule has 0 unspecified atom stereocenters. The van der Waals surface area contributed by atoms with Gasteiger partial charge in [0.1, 0.15) is 5.69 Å².